The zero-order valence-corrected chi connectivity index (χ0v) is 16.2. The Bertz CT molecular complexity index is 984. The van der Waals surface area contributed by atoms with Crippen molar-refractivity contribution < 1.29 is 13.6 Å². The monoisotopic (exact) mass is 383 g/mol. The Morgan fingerprint density at radius 2 is 1.86 bits per heavy atom. The maximum Gasteiger partial charge on any atom is 0.258 e. The van der Waals surface area contributed by atoms with Crippen LogP contribution in [-0.4, -0.2) is 49.2 Å². The van der Waals surface area contributed by atoms with Crippen LogP contribution in [0.2, 0.25) is 0 Å². The van der Waals surface area contributed by atoms with Gasteiger partial charge < -0.3 is 19.5 Å². The predicted octanol–water partition coefficient (Wildman–Crippen LogP) is 3.26. The van der Waals surface area contributed by atoms with Gasteiger partial charge in [0.2, 0.25) is 11.8 Å². The van der Waals surface area contributed by atoms with Crippen LogP contribution in [0.4, 0.5) is 15.8 Å². The van der Waals surface area contributed by atoms with Gasteiger partial charge >= 0.3 is 0 Å². The van der Waals surface area contributed by atoms with Gasteiger partial charge in [-0.3, -0.25) is 4.79 Å². The normalized spacial score (nSPS) is 10.9. The van der Waals surface area contributed by atoms with Crippen LogP contribution in [0.1, 0.15) is 16.2 Å². The molecule has 0 unspecified atom stereocenters. The van der Waals surface area contributed by atoms with E-state index in [-0.39, 0.29) is 5.56 Å². The van der Waals surface area contributed by atoms with E-state index in [4.69, 9.17) is 4.42 Å². The van der Waals surface area contributed by atoms with Gasteiger partial charge in [-0.2, -0.15) is 0 Å². The van der Waals surface area contributed by atoms with Gasteiger partial charge in [-0.25, -0.2) is 4.39 Å². The third-order valence-electron chi connectivity index (χ3n) is 4.01. The van der Waals surface area contributed by atoms with Crippen LogP contribution in [0.5, 0.6) is 0 Å². The average molecular weight is 383 g/mol. The summed E-state index contributed by atoms with van der Waals surface area (Å²) in [6.45, 7) is 0.527. The SMILES string of the molecule is CN(C)Cc1nnc(-c2ccc(N(C)C)c(NC(=O)c3ccccc3F)c2)o1. The fraction of sp³-hybridized carbons (Fsp3) is 0.250. The van der Waals surface area contributed by atoms with Crippen LogP contribution >= 0.6 is 0 Å². The second-order valence-corrected chi connectivity index (χ2v) is 6.80. The molecule has 1 heterocycles. The van der Waals surface area contributed by atoms with Crippen molar-refractivity contribution in [1.29, 1.82) is 0 Å². The summed E-state index contributed by atoms with van der Waals surface area (Å²) < 4.78 is 19.6. The minimum Gasteiger partial charge on any atom is -0.419 e. The number of hydrogen-bond acceptors (Lipinski definition) is 6. The largest absolute Gasteiger partial charge is 0.419 e. The highest BCUT2D eigenvalue weighted by Crippen LogP contribution is 2.30. The van der Waals surface area contributed by atoms with Crippen molar-refractivity contribution in [2.24, 2.45) is 0 Å². The summed E-state index contributed by atoms with van der Waals surface area (Å²) in [5, 5.41) is 10.9. The summed E-state index contributed by atoms with van der Waals surface area (Å²) >= 11 is 0. The summed E-state index contributed by atoms with van der Waals surface area (Å²) in [4.78, 5) is 16.3. The summed E-state index contributed by atoms with van der Waals surface area (Å²) in [6.07, 6.45) is 0. The van der Waals surface area contributed by atoms with Gasteiger partial charge in [-0.15, -0.1) is 10.2 Å². The zero-order valence-electron chi connectivity index (χ0n) is 16.2. The molecule has 146 valence electrons. The molecule has 0 saturated heterocycles. The number of nitrogens with zero attached hydrogens (tertiary/aromatic N) is 4. The van der Waals surface area contributed by atoms with E-state index in [0.717, 1.165) is 5.69 Å². The predicted molar refractivity (Wildman–Crippen MR) is 106 cm³/mol. The first-order valence-corrected chi connectivity index (χ1v) is 8.70. The first-order chi connectivity index (χ1) is 13.3. The quantitative estimate of drug-likeness (QED) is 0.704. The molecule has 0 aliphatic carbocycles. The van der Waals surface area contributed by atoms with Gasteiger partial charge in [-0.1, -0.05) is 12.1 Å². The highest BCUT2D eigenvalue weighted by Gasteiger charge is 2.16. The van der Waals surface area contributed by atoms with Crippen LogP contribution in [0.15, 0.2) is 46.9 Å². The lowest BCUT2D eigenvalue weighted by molar-refractivity contribution is 0.102. The van der Waals surface area contributed by atoms with E-state index in [1.54, 1.807) is 18.2 Å². The van der Waals surface area contributed by atoms with Crippen molar-refractivity contribution in [1.82, 2.24) is 15.1 Å². The minimum absolute atomic E-state index is 0.0244. The molecular weight excluding hydrogens is 361 g/mol. The van der Waals surface area contributed by atoms with Gasteiger partial charge in [0.15, 0.2) is 0 Å². The number of hydrogen-bond donors (Lipinski definition) is 1. The van der Waals surface area contributed by atoms with Crippen molar-refractivity contribution in [3.05, 3.63) is 59.7 Å². The van der Waals surface area contributed by atoms with Crippen molar-refractivity contribution in [3.63, 3.8) is 0 Å². The second kappa shape index (κ2) is 8.18. The summed E-state index contributed by atoms with van der Waals surface area (Å²) in [5.74, 6) is -0.262. The van der Waals surface area contributed by atoms with Crippen LogP contribution in [0, 0.1) is 5.82 Å². The Balaban J connectivity index is 1.93. The molecule has 0 bridgehead atoms. The summed E-state index contributed by atoms with van der Waals surface area (Å²) in [7, 11) is 7.53. The third-order valence-corrected chi connectivity index (χ3v) is 4.01. The van der Waals surface area contributed by atoms with E-state index < -0.39 is 11.7 Å². The molecule has 3 rings (SSSR count). The molecule has 8 heteroatoms. The molecule has 1 amide bonds. The Labute approximate surface area is 162 Å². The van der Waals surface area contributed by atoms with Crippen LogP contribution in [-0.2, 0) is 6.54 Å². The van der Waals surface area contributed by atoms with Crippen molar-refractivity contribution in [3.8, 4) is 11.5 Å². The summed E-state index contributed by atoms with van der Waals surface area (Å²) in [5.41, 5.74) is 1.92. The lowest BCUT2D eigenvalue weighted by atomic mass is 10.1. The van der Waals surface area contributed by atoms with E-state index in [0.29, 0.717) is 29.6 Å². The molecule has 7 nitrogen and oxygen atoms in total. The van der Waals surface area contributed by atoms with Crippen molar-refractivity contribution in [2.45, 2.75) is 6.54 Å². The standard InChI is InChI=1S/C20H22FN5O2/c1-25(2)12-18-23-24-20(28-18)13-9-10-17(26(3)4)16(11-13)22-19(27)14-7-5-6-8-15(14)21/h5-11H,12H2,1-4H3,(H,22,27). The van der Waals surface area contributed by atoms with E-state index in [1.807, 2.05) is 50.1 Å². The van der Waals surface area contributed by atoms with Crippen molar-refractivity contribution in [2.75, 3.05) is 38.4 Å². The molecule has 0 radical (unpaired) electrons. The van der Waals surface area contributed by atoms with E-state index >= 15 is 0 Å². The number of carbonyl (C=O) groups is 1. The summed E-state index contributed by atoms with van der Waals surface area (Å²) in [6, 6.07) is 11.3. The number of benzene rings is 2. The lowest BCUT2D eigenvalue weighted by Gasteiger charge is -2.18. The first-order valence-electron chi connectivity index (χ1n) is 8.70. The van der Waals surface area contributed by atoms with Gasteiger partial charge in [0.05, 0.1) is 23.5 Å². The Hall–Kier alpha value is -3.26. The van der Waals surface area contributed by atoms with Gasteiger partial charge in [0, 0.05) is 19.7 Å². The third kappa shape index (κ3) is 4.34. The highest BCUT2D eigenvalue weighted by atomic mass is 19.1. The molecule has 1 N–H and O–H groups in total. The number of rotatable bonds is 6. The van der Waals surface area contributed by atoms with Gasteiger partial charge in [0.1, 0.15) is 5.82 Å². The molecule has 0 saturated carbocycles. The van der Waals surface area contributed by atoms with Crippen LogP contribution in [0.3, 0.4) is 0 Å². The fourth-order valence-corrected chi connectivity index (χ4v) is 2.70. The van der Waals surface area contributed by atoms with Crippen molar-refractivity contribution >= 4 is 17.3 Å². The Morgan fingerprint density at radius 1 is 1.11 bits per heavy atom. The lowest BCUT2D eigenvalue weighted by Crippen LogP contribution is -2.17. The molecule has 3 aromatic rings. The van der Waals surface area contributed by atoms with E-state index in [1.165, 1.54) is 12.1 Å². The molecule has 0 aliphatic heterocycles. The number of halogens is 1. The highest BCUT2D eigenvalue weighted by molar-refractivity contribution is 6.06. The molecule has 0 fully saturated rings. The molecule has 2 aromatic carbocycles. The smallest absolute Gasteiger partial charge is 0.258 e. The molecule has 28 heavy (non-hydrogen) atoms. The number of amides is 1. The topological polar surface area (TPSA) is 74.5 Å². The Morgan fingerprint density at radius 3 is 2.54 bits per heavy atom. The fourth-order valence-electron chi connectivity index (χ4n) is 2.70. The Kier molecular flexibility index (Phi) is 5.70. The van der Waals surface area contributed by atoms with Crippen LogP contribution < -0.4 is 10.2 Å². The van der Waals surface area contributed by atoms with Gasteiger partial charge in [-0.05, 0) is 44.4 Å². The number of carbonyl (C=O) groups excluding carboxylic acids is 1. The van der Waals surface area contributed by atoms with Crippen LogP contribution in [0.25, 0.3) is 11.5 Å². The number of anilines is 2. The number of aromatic nitrogens is 2. The molecule has 0 atom stereocenters. The molecule has 0 spiro atoms. The molecule has 0 aliphatic rings. The maximum absolute atomic E-state index is 13.9. The molecular formula is C20H22FN5O2. The number of nitrogens with one attached hydrogen (secondary N) is 1. The maximum atomic E-state index is 13.9. The van der Waals surface area contributed by atoms with Gasteiger partial charge in [0.25, 0.3) is 5.91 Å². The average Bonchev–Trinajstić information content (AvgIpc) is 3.09. The zero-order chi connectivity index (χ0) is 20.3. The molecule has 1 aromatic heterocycles. The first kappa shape index (κ1) is 19.5. The minimum atomic E-state index is -0.576. The van der Waals surface area contributed by atoms with E-state index in [9.17, 15) is 9.18 Å². The second-order valence-electron chi connectivity index (χ2n) is 6.80. The van der Waals surface area contributed by atoms with E-state index in [2.05, 4.69) is 15.5 Å².